The van der Waals surface area contributed by atoms with E-state index in [-0.39, 0.29) is 24.7 Å². The van der Waals surface area contributed by atoms with Crippen LogP contribution in [0.4, 0.5) is 15.3 Å². The van der Waals surface area contributed by atoms with Crippen LogP contribution in [0.2, 0.25) is 0 Å². The van der Waals surface area contributed by atoms with Crippen molar-refractivity contribution in [2.24, 2.45) is 5.73 Å². The van der Waals surface area contributed by atoms with Crippen LogP contribution in [-0.2, 0) is 26.0 Å². The average Bonchev–Trinajstić information content (AvgIpc) is 3.22. The molecule has 0 atom stereocenters. The van der Waals surface area contributed by atoms with E-state index in [1.165, 1.54) is 11.4 Å². The number of amides is 2. The Kier molecular flexibility index (Phi) is 8.73. The molecule has 2 aromatic rings. The molecule has 0 bridgehead atoms. The number of carbonyl (C=O) groups excluding carboxylic acids is 2. The highest BCUT2D eigenvalue weighted by atomic mass is 32.2. The standard InChI is InChI=1S/C23H32N4O6S2/c1-14(2)32-23(29)26-17-7-10-19(16(11-17)13-27(3)35(4,30)31)20-12-25-21(34-20)15-5-8-18(9-6-15)33-22(24)28/h7,10-12,14-15,18H,5-6,8-9,13H2,1-4H3,(H2,24,28)(H,26,29)/t15-,18-. The van der Waals surface area contributed by atoms with Crippen LogP contribution >= 0.6 is 11.3 Å². The lowest BCUT2D eigenvalue weighted by molar-refractivity contribution is 0.0787. The van der Waals surface area contributed by atoms with Crippen molar-refractivity contribution in [2.75, 3.05) is 18.6 Å². The normalized spacial score (nSPS) is 18.5. The van der Waals surface area contributed by atoms with E-state index in [1.807, 2.05) is 6.07 Å². The molecule has 0 aliphatic heterocycles. The first kappa shape index (κ1) is 26.9. The molecule has 0 saturated heterocycles. The van der Waals surface area contributed by atoms with Crippen LogP contribution in [0.25, 0.3) is 10.4 Å². The van der Waals surface area contributed by atoms with Gasteiger partial charge in [0.05, 0.1) is 22.2 Å². The Morgan fingerprint density at radius 1 is 1.26 bits per heavy atom. The second-order valence-electron chi connectivity index (χ2n) is 8.94. The topological polar surface area (TPSA) is 141 Å². The molecule has 10 nitrogen and oxygen atoms in total. The number of anilines is 1. The first-order valence-electron chi connectivity index (χ1n) is 11.4. The van der Waals surface area contributed by atoms with Crippen molar-refractivity contribution in [2.45, 2.75) is 64.2 Å². The second-order valence-corrected chi connectivity index (χ2v) is 12.1. The number of ether oxygens (including phenoxy) is 2. The number of carbonyl (C=O) groups is 2. The molecule has 0 radical (unpaired) electrons. The second kappa shape index (κ2) is 11.4. The molecule has 12 heteroatoms. The molecule has 1 aromatic carbocycles. The Morgan fingerprint density at radius 2 is 1.94 bits per heavy atom. The van der Waals surface area contributed by atoms with Gasteiger partial charge in [-0.2, -0.15) is 0 Å². The minimum Gasteiger partial charge on any atom is -0.447 e. The number of thiazole rings is 1. The van der Waals surface area contributed by atoms with Crippen molar-refractivity contribution in [1.82, 2.24) is 9.29 Å². The number of benzene rings is 1. The first-order valence-corrected chi connectivity index (χ1v) is 14.0. The average molecular weight is 525 g/mol. The third kappa shape index (κ3) is 7.64. The van der Waals surface area contributed by atoms with Gasteiger partial charge in [0.2, 0.25) is 10.0 Å². The SMILES string of the molecule is CC(C)OC(=O)Nc1ccc(-c2cnc([C@H]3CC[C@H](OC(N)=O)CC3)s2)c(CN(C)S(C)(=O)=O)c1. The van der Waals surface area contributed by atoms with Crippen molar-refractivity contribution in [3.8, 4) is 10.4 Å². The summed E-state index contributed by atoms with van der Waals surface area (Å²) >= 11 is 1.56. The van der Waals surface area contributed by atoms with E-state index in [9.17, 15) is 18.0 Å². The fraction of sp³-hybridized carbons (Fsp3) is 0.522. The van der Waals surface area contributed by atoms with E-state index in [0.29, 0.717) is 5.69 Å². The van der Waals surface area contributed by atoms with Crippen LogP contribution in [0.15, 0.2) is 24.4 Å². The van der Waals surface area contributed by atoms with Crippen LogP contribution in [0, 0.1) is 0 Å². The Labute approximate surface area is 209 Å². The largest absolute Gasteiger partial charge is 0.447 e. The number of rotatable bonds is 8. The third-order valence-corrected chi connectivity index (χ3v) is 8.20. The number of primary amides is 1. The summed E-state index contributed by atoms with van der Waals surface area (Å²) in [6.45, 7) is 3.65. The van der Waals surface area contributed by atoms with Crippen molar-refractivity contribution in [3.63, 3.8) is 0 Å². The Morgan fingerprint density at radius 3 is 2.54 bits per heavy atom. The Balaban J connectivity index is 1.83. The molecule has 1 aromatic heterocycles. The number of aromatic nitrogens is 1. The molecule has 0 unspecified atom stereocenters. The predicted molar refractivity (Wildman–Crippen MR) is 135 cm³/mol. The molecule has 3 rings (SSSR count). The van der Waals surface area contributed by atoms with Gasteiger partial charge < -0.3 is 15.2 Å². The Bertz CT molecular complexity index is 1160. The smallest absolute Gasteiger partial charge is 0.411 e. The zero-order chi connectivity index (χ0) is 25.8. The summed E-state index contributed by atoms with van der Waals surface area (Å²) in [5.74, 6) is 0.260. The maximum absolute atomic E-state index is 12.1. The monoisotopic (exact) mass is 524 g/mol. The van der Waals surface area contributed by atoms with E-state index >= 15 is 0 Å². The van der Waals surface area contributed by atoms with Crippen LogP contribution in [0.5, 0.6) is 0 Å². The van der Waals surface area contributed by atoms with Gasteiger partial charge >= 0.3 is 12.2 Å². The first-order chi connectivity index (χ1) is 16.4. The summed E-state index contributed by atoms with van der Waals surface area (Å²) in [5.41, 5.74) is 7.21. The van der Waals surface area contributed by atoms with Gasteiger partial charge in [-0.25, -0.2) is 27.3 Å². The summed E-state index contributed by atoms with van der Waals surface area (Å²) in [7, 11) is -1.90. The number of nitrogens with zero attached hydrogens (tertiary/aromatic N) is 2. The minimum absolute atomic E-state index is 0.131. The number of hydrogen-bond donors (Lipinski definition) is 2. The van der Waals surface area contributed by atoms with E-state index in [0.717, 1.165) is 53.0 Å². The fourth-order valence-corrected chi connectivity index (χ4v) is 5.48. The van der Waals surface area contributed by atoms with E-state index in [4.69, 9.17) is 15.2 Å². The fourth-order valence-electron chi connectivity index (χ4n) is 3.95. The van der Waals surface area contributed by atoms with E-state index < -0.39 is 22.2 Å². The quantitative estimate of drug-likeness (QED) is 0.525. The lowest BCUT2D eigenvalue weighted by Crippen LogP contribution is -2.26. The minimum atomic E-state index is -3.41. The van der Waals surface area contributed by atoms with Gasteiger partial charge in [0.25, 0.3) is 0 Å². The summed E-state index contributed by atoms with van der Waals surface area (Å²) in [6, 6.07) is 5.36. The highest BCUT2D eigenvalue weighted by Gasteiger charge is 2.27. The van der Waals surface area contributed by atoms with Crippen LogP contribution < -0.4 is 11.1 Å². The van der Waals surface area contributed by atoms with E-state index in [2.05, 4.69) is 10.3 Å². The van der Waals surface area contributed by atoms with Gasteiger partial charge in [-0.15, -0.1) is 11.3 Å². The molecule has 35 heavy (non-hydrogen) atoms. The number of hydrogen-bond acceptors (Lipinski definition) is 8. The summed E-state index contributed by atoms with van der Waals surface area (Å²) in [5, 5.41) is 3.68. The zero-order valence-electron chi connectivity index (χ0n) is 20.3. The molecule has 1 aliphatic rings. The van der Waals surface area contributed by atoms with Gasteiger partial charge in [0.15, 0.2) is 0 Å². The van der Waals surface area contributed by atoms with E-state index in [1.54, 1.807) is 43.5 Å². The maximum Gasteiger partial charge on any atom is 0.411 e. The molecular formula is C23H32N4O6S2. The summed E-state index contributed by atoms with van der Waals surface area (Å²) in [6.07, 6.45) is 4.37. The number of nitrogens with one attached hydrogen (secondary N) is 1. The summed E-state index contributed by atoms with van der Waals surface area (Å²) in [4.78, 5) is 28.6. The third-order valence-electron chi connectivity index (χ3n) is 5.75. The van der Waals surface area contributed by atoms with Gasteiger partial charge in [-0.1, -0.05) is 6.07 Å². The number of nitrogens with two attached hydrogens (primary N) is 1. The molecular weight excluding hydrogens is 492 g/mol. The van der Waals surface area contributed by atoms with Crippen molar-refractivity contribution >= 4 is 39.2 Å². The van der Waals surface area contributed by atoms with Crippen LogP contribution in [0.3, 0.4) is 0 Å². The molecule has 2 amide bonds. The van der Waals surface area contributed by atoms with Crippen molar-refractivity contribution in [1.29, 1.82) is 0 Å². The molecule has 1 aliphatic carbocycles. The van der Waals surface area contributed by atoms with Gasteiger partial charge in [0.1, 0.15) is 6.10 Å². The molecule has 3 N–H and O–H groups in total. The van der Waals surface area contributed by atoms with Gasteiger partial charge in [-0.05, 0) is 62.8 Å². The van der Waals surface area contributed by atoms with Gasteiger partial charge in [0, 0.05) is 31.4 Å². The van der Waals surface area contributed by atoms with Gasteiger partial charge in [-0.3, -0.25) is 5.32 Å². The predicted octanol–water partition coefficient (Wildman–Crippen LogP) is 4.28. The highest BCUT2D eigenvalue weighted by Crippen LogP contribution is 2.39. The lowest BCUT2D eigenvalue weighted by atomic mass is 9.88. The van der Waals surface area contributed by atoms with Crippen LogP contribution in [-0.4, -0.2) is 55.4 Å². The van der Waals surface area contributed by atoms with Crippen LogP contribution in [0.1, 0.15) is 56.0 Å². The Hall–Kier alpha value is -2.70. The number of sulfonamides is 1. The van der Waals surface area contributed by atoms with Crippen molar-refractivity contribution < 1.29 is 27.5 Å². The highest BCUT2D eigenvalue weighted by molar-refractivity contribution is 7.88. The molecule has 1 saturated carbocycles. The molecule has 1 heterocycles. The zero-order valence-corrected chi connectivity index (χ0v) is 21.9. The lowest BCUT2D eigenvalue weighted by Gasteiger charge is -2.26. The molecule has 0 spiro atoms. The molecule has 1 fully saturated rings. The van der Waals surface area contributed by atoms with Crippen molar-refractivity contribution in [3.05, 3.63) is 35.0 Å². The summed E-state index contributed by atoms with van der Waals surface area (Å²) < 4.78 is 35.6. The maximum atomic E-state index is 12.1. The molecule has 192 valence electrons.